The Hall–Kier alpha value is -0.120. The molecule has 1 rings (SSSR count). The lowest BCUT2D eigenvalue weighted by Gasteiger charge is -2.00. The first kappa shape index (κ1) is 8.97. The van der Waals surface area contributed by atoms with Crippen LogP contribution in [0.1, 0.15) is 0 Å². The van der Waals surface area contributed by atoms with Gasteiger partial charge in [0.2, 0.25) is 0 Å². The van der Waals surface area contributed by atoms with Gasteiger partial charge in [0.25, 0.3) is 4.51 Å². The van der Waals surface area contributed by atoms with Gasteiger partial charge < -0.3 is 4.74 Å². The Morgan fingerprint density at radius 2 is 2.27 bits per heavy atom. The van der Waals surface area contributed by atoms with Crippen molar-refractivity contribution in [2.24, 2.45) is 0 Å². The van der Waals surface area contributed by atoms with E-state index >= 15 is 0 Å². The second-order valence-electron chi connectivity index (χ2n) is 1.80. The quantitative estimate of drug-likeness (QED) is 0.559. The molecule has 58 valence electrons. The van der Waals surface area contributed by atoms with Crippen LogP contribution in [0.4, 0.5) is 0 Å². The molecule has 0 saturated carbocycles. The van der Waals surface area contributed by atoms with E-state index in [-0.39, 0.29) is 4.51 Å². The molecule has 0 aliphatic carbocycles. The molecule has 0 saturated heterocycles. The molecule has 0 aromatic heterocycles. The zero-order valence-corrected chi connectivity index (χ0v) is 8.54. The SMILES string of the molecule is S=C(Cl)Oc1cccc(Br)c1. The van der Waals surface area contributed by atoms with E-state index in [4.69, 9.17) is 16.3 Å². The van der Waals surface area contributed by atoms with Gasteiger partial charge in [-0.3, -0.25) is 0 Å². The number of thiocarbonyl (C=S) groups is 1. The van der Waals surface area contributed by atoms with Crippen LogP contribution in [0.15, 0.2) is 28.7 Å². The molecule has 0 fully saturated rings. The topological polar surface area (TPSA) is 9.23 Å². The van der Waals surface area contributed by atoms with Crippen LogP contribution in [0, 0.1) is 0 Å². The Balaban J connectivity index is 2.79. The van der Waals surface area contributed by atoms with Gasteiger partial charge in [0.1, 0.15) is 5.75 Å². The van der Waals surface area contributed by atoms with Crippen molar-refractivity contribution in [2.75, 3.05) is 0 Å². The van der Waals surface area contributed by atoms with Crippen molar-refractivity contribution in [1.29, 1.82) is 0 Å². The van der Waals surface area contributed by atoms with Crippen LogP contribution >= 0.6 is 39.7 Å². The standard InChI is InChI=1S/C7H4BrClOS/c8-5-2-1-3-6(4-5)10-7(9)11/h1-4H. The van der Waals surface area contributed by atoms with E-state index < -0.39 is 0 Å². The molecule has 0 spiro atoms. The molecule has 0 unspecified atom stereocenters. The zero-order chi connectivity index (χ0) is 8.27. The lowest BCUT2D eigenvalue weighted by Crippen LogP contribution is -1.94. The molecule has 0 atom stereocenters. The molecule has 1 aromatic carbocycles. The Bertz CT molecular complexity index is 277. The Morgan fingerprint density at radius 3 is 2.82 bits per heavy atom. The first-order chi connectivity index (χ1) is 5.18. The van der Waals surface area contributed by atoms with Gasteiger partial charge >= 0.3 is 0 Å². The minimum absolute atomic E-state index is 0.00287. The maximum Gasteiger partial charge on any atom is 0.260 e. The van der Waals surface area contributed by atoms with Crippen LogP contribution in [0.25, 0.3) is 0 Å². The number of ether oxygens (including phenoxy) is 1. The summed E-state index contributed by atoms with van der Waals surface area (Å²) in [6.45, 7) is 0. The van der Waals surface area contributed by atoms with Gasteiger partial charge in [-0.1, -0.05) is 22.0 Å². The molecular formula is C7H4BrClOS. The first-order valence-corrected chi connectivity index (χ1v) is 4.39. The Morgan fingerprint density at radius 1 is 1.55 bits per heavy atom. The Labute approximate surface area is 83.4 Å². The molecule has 4 heteroatoms. The van der Waals surface area contributed by atoms with Crippen molar-refractivity contribution in [3.05, 3.63) is 28.7 Å². The van der Waals surface area contributed by atoms with Crippen molar-refractivity contribution >= 4 is 44.3 Å². The summed E-state index contributed by atoms with van der Waals surface area (Å²) in [5.74, 6) is 0.638. The number of halogens is 2. The minimum Gasteiger partial charge on any atom is -0.436 e. The summed E-state index contributed by atoms with van der Waals surface area (Å²) in [6.07, 6.45) is 0. The number of hydrogen-bond acceptors (Lipinski definition) is 2. The van der Waals surface area contributed by atoms with Gasteiger partial charge in [-0.25, -0.2) is 0 Å². The van der Waals surface area contributed by atoms with Gasteiger partial charge in [-0.15, -0.1) is 0 Å². The van der Waals surface area contributed by atoms with Gasteiger partial charge in [-0.2, -0.15) is 0 Å². The van der Waals surface area contributed by atoms with Crippen LogP contribution < -0.4 is 4.74 Å². The third-order valence-corrected chi connectivity index (χ3v) is 1.65. The van der Waals surface area contributed by atoms with Crippen molar-refractivity contribution in [1.82, 2.24) is 0 Å². The lowest BCUT2D eigenvalue weighted by molar-refractivity contribution is 0.577. The third-order valence-electron chi connectivity index (χ3n) is 0.994. The summed E-state index contributed by atoms with van der Waals surface area (Å²) < 4.78 is 5.90. The summed E-state index contributed by atoms with van der Waals surface area (Å²) in [7, 11) is 0. The van der Waals surface area contributed by atoms with Gasteiger partial charge in [0.15, 0.2) is 0 Å². The highest BCUT2D eigenvalue weighted by molar-refractivity contribution is 9.10. The smallest absolute Gasteiger partial charge is 0.260 e. The monoisotopic (exact) mass is 250 g/mol. The third kappa shape index (κ3) is 3.18. The second-order valence-corrected chi connectivity index (χ2v) is 3.65. The van der Waals surface area contributed by atoms with Gasteiger partial charge in [-0.05, 0) is 42.0 Å². The molecular weight excluding hydrogens is 247 g/mol. The van der Waals surface area contributed by atoms with Gasteiger partial charge in [0.05, 0.1) is 0 Å². The lowest BCUT2D eigenvalue weighted by atomic mass is 10.3. The molecule has 0 heterocycles. The summed E-state index contributed by atoms with van der Waals surface area (Å²) in [6, 6.07) is 7.30. The molecule has 1 aromatic rings. The summed E-state index contributed by atoms with van der Waals surface area (Å²) in [5, 5.41) is 0. The van der Waals surface area contributed by atoms with E-state index in [0.29, 0.717) is 5.75 Å². The maximum atomic E-state index is 5.36. The Kier molecular flexibility index (Phi) is 3.30. The van der Waals surface area contributed by atoms with E-state index in [2.05, 4.69) is 28.1 Å². The number of hydrogen-bond donors (Lipinski definition) is 0. The zero-order valence-electron chi connectivity index (χ0n) is 5.38. The fourth-order valence-electron chi connectivity index (χ4n) is 0.623. The van der Waals surface area contributed by atoms with E-state index in [9.17, 15) is 0 Å². The maximum absolute atomic E-state index is 5.36. The van der Waals surface area contributed by atoms with Crippen molar-refractivity contribution in [2.45, 2.75) is 0 Å². The van der Waals surface area contributed by atoms with Crippen LogP contribution in [-0.4, -0.2) is 4.51 Å². The highest BCUT2D eigenvalue weighted by Gasteiger charge is 1.95. The van der Waals surface area contributed by atoms with Crippen molar-refractivity contribution in [3.63, 3.8) is 0 Å². The normalized spacial score (nSPS) is 9.27. The fourth-order valence-corrected chi connectivity index (χ4v) is 1.19. The molecule has 0 N–H and O–H groups in total. The molecule has 0 aliphatic rings. The average molecular weight is 252 g/mol. The van der Waals surface area contributed by atoms with E-state index in [1.165, 1.54) is 0 Å². The van der Waals surface area contributed by atoms with Crippen LogP contribution in [0.5, 0.6) is 5.75 Å². The predicted molar refractivity (Wildman–Crippen MR) is 53.2 cm³/mol. The predicted octanol–water partition coefficient (Wildman–Crippen LogP) is 3.35. The molecule has 0 aliphatic heterocycles. The largest absolute Gasteiger partial charge is 0.436 e. The van der Waals surface area contributed by atoms with Crippen molar-refractivity contribution < 1.29 is 4.74 Å². The minimum atomic E-state index is 0.00287. The molecule has 0 radical (unpaired) electrons. The number of rotatable bonds is 1. The van der Waals surface area contributed by atoms with E-state index in [0.717, 1.165) is 4.47 Å². The van der Waals surface area contributed by atoms with Crippen molar-refractivity contribution in [3.8, 4) is 5.75 Å². The highest BCUT2D eigenvalue weighted by atomic mass is 79.9. The first-order valence-electron chi connectivity index (χ1n) is 2.81. The number of benzene rings is 1. The molecule has 1 nitrogen and oxygen atoms in total. The fraction of sp³-hybridized carbons (Fsp3) is 0. The molecule has 0 bridgehead atoms. The van der Waals surface area contributed by atoms with Gasteiger partial charge in [0, 0.05) is 4.47 Å². The van der Waals surface area contributed by atoms with E-state index in [1.807, 2.05) is 12.1 Å². The average Bonchev–Trinajstić information content (AvgIpc) is 1.85. The highest BCUT2D eigenvalue weighted by Crippen LogP contribution is 2.18. The second kappa shape index (κ2) is 4.04. The van der Waals surface area contributed by atoms with Crippen LogP contribution in [0.2, 0.25) is 0 Å². The van der Waals surface area contributed by atoms with Crippen LogP contribution in [0.3, 0.4) is 0 Å². The molecule has 0 amide bonds. The summed E-state index contributed by atoms with van der Waals surface area (Å²) in [5.41, 5.74) is 0. The van der Waals surface area contributed by atoms with E-state index in [1.54, 1.807) is 12.1 Å². The summed E-state index contributed by atoms with van der Waals surface area (Å²) >= 11 is 13.2. The molecule has 11 heavy (non-hydrogen) atoms. The van der Waals surface area contributed by atoms with Crippen LogP contribution in [-0.2, 0) is 0 Å². The summed E-state index contributed by atoms with van der Waals surface area (Å²) in [4.78, 5) is 0.